The second-order valence-corrected chi connectivity index (χ2v) is 5.37. The first kappa shape index (κ1) is 11.0. The summed E-state index contributed by atoms with van der Waals surface area (Å²) in [5.74, 6) is 0.467. The summed E-state index contributed by atoms with van der Waals surface area (Å²) in [6, 6.07) is 12.1. The van der Waals surface area contributed by atoms with Crippen LogP contribution in [0.3, 0.4) is 0 Å². The fraction of sp³-hybridized carbons (Fsp3) is 0.533. The van der Waals surface area contributed by atoms with Crippen LogP contribution in [0.15, 0.2) is 30.3 Å². The molecule has 3 rings (SSSR count). The third-order valence-electron chi connectivity index (χ3n) is 4.33. The minimum atomic E-state index is 0.446. The van der Waals surface area contributed by atoms with Gasteiger partial charge in [-0.1, -0.05) is 30.3 Å². The van der Waals surface area contributed by atoms with E-state index < -0.39 is 0 Å². The molecular formula is C15H19NO. The highest BCUT2D eigenvalue weighted by Gasteiger charge is 2.42. The van der Waals surface area contributed by atoms with Crippen LogP contribution < -0.4 is 0 Å². The number of fused-ring (bicyclic) bond motifs is 2. The Hall–Kier alpha value is -1.15. The fourth-order valence-electron chi connectivity index (χ4n) is 3.54. The molecule has 0 radical (unpaired) electrons. The molecule has 2 saturated heterocycles. The lowest BCUT2D eigenvalue weighted by Crippen LogP contribution is -2.44. The zero-order chi connectivity index (χ0) is 11.8. The molecule has 0 amide bonds. The third kappa shape index (κ3) is 1.91. The molecule has 2 unspecified atom stereocenters. The number of nitrogens with zero attached hydrogens (tertiary/aromatic N) is 1. The second-order valence-electron chi connectivity index (χ2n) is 5.37. The molecule has 2 heterocycles. The van der Waals surface area contributed by atoms with Crippen molar-refractivity contribution < 1.29 is 4.79 Å². The molecule has 2 aliphatic rings. The number of ketones is 1. The summed E-state index contributed by atoms with van der Waals surface area (Å²) in [6.45, 7) is 2.27. The van der Waals surface area contributed by atoms with Crippen molar-refractivity contribution in [1.82, 2.24) is 4.90 Å². The number of piperidine rings is 1. The topological polar surface area (TPSA) is 20.3 Å². The van der Waals surface area contributed by atoms with Crippen molar-refractivity contribution in [3.63, 3.8) is 0 Å². The Kier molecular flexibility index (Phi) is 2.75. The van der Waals surface area contributed by atoms with E-state index in [9.17, 15) is 4.79 Å². The minimum absolute atomic E-state index is 0.446. The van der Waals surface area contributed by atoms with E-state index in [1.807, 2.05) is 0 Å². The van der Waals surface area contributed by atoms with Gasteiger partial charge in [0.25, 0.3) is 0 Å². The van der Waals surface area contributed by atoms with Crippen molar-refractivity contribution in [3.05, 3.63) is 35.9 Å². The molecule has 2 heteroatoms. The maximum Gasteiger partial charge on any atom is 0.136 e. The molecule has 17 heavy (non-hydrogen) atoms. The Balaban J connectivity index is 1.84. The molecule has 3 atom stereocenters. The second kappa shape index (κ2) is 4.26. The summed E-state index contributed by atoms with van der Waals surface area (Å²) in [5.41, 5.74) is 1.37. The van der Waals surface area contributed by atoms with Gasteiger partial charge in [-0.2, -0.15) is 0 Å². The number of hydrogen-bond acceptors (Lipinski definition) is 2. The average Bonchev–Trinajstić information content (AvgIpc) is 2.62. The zero-order valence-electron chi connectivity index (χ0n) is 10.3. The van der Waals surface area contributed by atoms with Gasteiger partial charge in [0.2, 0.25) is 0 Å². The summed E-state index contributed by atoms with van der Waals surface area (Å²) in [4.78, 5) is 14.2. The molecule has 2 nitrogen and oxygen atoms in total. The number of Topliss-reactive ketones (excluding diaryl/α,β-unsaturated/α-hetero) is 1. The molecule has 0 saturated carbocycles. The fourth-order valence-corrected chi connectivity index (χ4v) is 3.54. The highest BCUT2D eigenvalue weighted by molar-refractivity contribution is 5.81. The van der Waals surface area contributed by atoms with Gasteiger partial charge in [0.15, 0.2) is 0 Å². The van der Waals surface area contributed by atoms with E-state index in [0.29, 0.717) is 23.9 Å². The van der Waals surface area contributed by atoms with Crippen molar-refractivity contribution >= 4 is 5.78 Å². The van der Waals surface area contributed by atoms with Crippen LogP contribution in [-0.2, 0) is 4.79 Å². The van der Waals surface area contributed by atoms with Gasteiger partial charge in [-0.25, -0.2) is 0 Å². The Morgan fingerprint density at radius 3 is 2.29 bits per heavy atom. The Bertz CT molecular complexity index is 398. The van der Waals surface area contributed by atoms with Crippen LogP contribution in [0.4, 0.5) is 0 Å². The summed E-state index contributed by atoms with van der Waals surface area (Å²) >= 11 is 0. The highest BCUT2D eigenvalue weighted by atomic mass is 16.1. The van der Waals surface area contributed by atoms with Crippen molar-refractivity contribution in [1.29, 1.82) is 0 Å². The first-order chi connectivity index (χ1) is 8.25. The quantitative estimate of drug-likeness (QED) is 0.777. The first-order valence-electron chi connectivity index (χ1n) is 6.60. The molecule has 0 N–H and O–H groups in total. The van der Waals surface area contributed by atoms with Crippen molar-refractivity contribution in [2.75, 3.05) is 0 Å². The predicted molar refractivity (Wildman–Crippen MR) is 67.7 cm³/mol. The molecule has 0 aliphatic carbocycles. The largest absolute Gasteiger partial charge is 0.300 e. The van der Waals surface area contributed by atoms with Crippen LogP contribution in [0.2, 0.25) is 0 Å². The normalized spacial score (nSPS) is 30.5. The van der Waals surface area contributed by atoms with Gasteiger partial charge in [0.1, 0.15) is 5.78 Å². The molecule has 2 aliphatic heterocycles. The van der Waals surface area contributed by atoms with Gasteiger partial charge in [-0.05, 0) is 25.3 Å². The van der Waals surface area contributed by atoms with Gasteiger partial charge in [0, 0.05) is 31.0 Å². The minimum Gasteiger partial charge on any atom is -0.300 e. The van der Waals surface area contributed by atoms with Crippen molar-refractivity contribution in [3.8, 4) is 0 Å². The number of rotatable bonds is 2. The average molecular weight is 229 g/mol. The maximum absolute atomic E-state index is 11.6. The van der Waals surface area contributed by atoms with E-state index in [1.165, 1.54) is 18.4 Å². The van der Waals surface area contributed by atoms with E-state index in [2.05, 4.69) is 42.2 Å². The standard InChI is InChI=1S/C15H19NO/c1-11(12-5-3-2-4-6-12)16-13-7-8-14(16)10-15(17)9-13/h2-6,11,13-14H,7-10H2,1H3/t11?,13-,14?/m1/s1. The Morgan fingerprint density at radius 2 is 1.71 bits per heavy atom. The summed E-state index contributed by atoms with van der Waals surface area (Å²) in [6.07, 6.45) is 3.95. The van der Waals surface area contributed by atoms with Crippen LogP contribution in [0.25, 0.3) is 0 Å². The van der Waals surface area contributed by atoms with Crippen molar-refractivity contribution in [2.45, 2.75) is 50.7 Å². The van der Waals surface area contributed by atoms with Crippen molar-refractivity contribution in [2.24, 2.45) is 0 Å². The SMILES string of the molecule is CC(c1ccccc1)N1C2CC[C@@H]1CC(=O)C2. The van der Waals surface area contributed by atoms with Crippen LogP contribution in [-0.4, -0.2) is 22.8 Å². The predicted octanol–water partition coefficient (Wildman–Crippen LogP) is 2.94. The smallest absolute Gasteiger partial charge is 0.136 e. The Morgan fingerprint density at radius 1 is 1.12 bits per heavy atom. The lowest BCUT2D eigenvalue weighted by atomic mass is 9.96. The van der Waals surface area contributed by atoms with Crippen LogP contribution in [0.1, 0.15) is 44.2 Å². The van der Waals surface area contributed by atoms with Gasteiger partial charge >= 0.3 is 0 Å². The van der Waals surface area contributed by atoms with Crippen LogP contribution in [0.5, 0.6) is 0 Å². The van der Waals surface area contributed by atoms with Gasteiger partial charge in [0.05, 0.1) is 0 Å². The molecule has 0 aromatic heterocycles. The number of carbonyl (C=O) groups excluding carboxylic acids is 1. The van der Waals surface area contributed by atoms with Gasteiger partial charge in [-0.15, -0.1) is 0 Å². The summed E-state index contributed by atoms with van der Waals surface area (Å²) < 4.78 is 0. The summed E-state index contributed by atoms with van der Waals surface area (Å²) in [5, 5.41) is 0. The zero-order valence-corrected chi connectivity index (χ0v) is 10.3. The molecular weight excluding hydrogens is 210 g/mol. The lowest BCUT2D eigenvalue weighted by Gasteiger charge is -2.38. The number of carbonyl (C=O) groups is 1. The van der Waals surface area contributed by atoms with E-state index in [0.717, 1.165) is 12.8 Å². The molecule has 2 bridgehead atoms. The third-order valence-corrected chi connectivity index (χ3v) is 4.33. The molecule has 2 fully saturated rings. The van der Waals surface area contributed by atoms with E-state index >= 15 is 0 Å². The number of benzene rings is 1. The highest BCUT2D eigenvalue weighted by Crippen LogP contribution is 2.39. The molecule has 1 aromatic rings. The Labute approximate surface area is 103 Å². The molecule has 0 spiro atoms. The van der Waals surface area contributed by atoms with Crippen LogP contribution >= 0.6 is 0 Å². The first-order valence-corrected chi connectivity index (χ1v) is 6.60. The van der Waals surface area contributed by atoms with E-state index in [1.54, 1.807) is 0 Å². The summed E-state index contributed by atoms with van der Waals surface area (Å²) in [7, 11) is 0. The van der Waals surface area contributed by atoms with Gasteiger partial charge < -0.3 is 0 Å². The number of hydrogen-bond donors (Lipinski definition) is 0. The molecule has 90 valence electrons. The van der Waals surface area contributed by atoms with Crippen LogP contribution in [0, 0.1) is 0 Å². The lowest BCUT2D eigenvalue weighted by molar-refractivity contribution is -0.124. The van der Waals surface area contributed by atoms with E-state index in [4.69, 9.17) is 0 Å². The van der Waals surface area contributed by atoms with Gasteiger partial charge in [-0.3, -0.25) is 9.69 Å². The van der Waals surface area contributed by atoms with E-state index in [-0.39, 0.29) is 0 Å². The molecule has 1 aromatic carbocycles. The maximum atomic E-state index is 11.6. The monoisotopic (exact) mass is 229 g/mol.